The lowest BCUT2D eigenvalue weighted by atomic mass is 9.99. The Balaban J connectivity index is 1.69. The van der Waals surface area contributed by atoms with Crippen LogP contribution in [0.1, 0.15) is 44.9 Å². The molecule has 2 heterocycles. The number of hydrogen-bond donors (Lipinski definition) is 1. The van der Waals surface area contributed by atoms with E-state index in [4.69, 9.17) is 0 Å². The molecule has 6 heteroatoms. The zero-order valence-corrected chi connectivity index (χ0v) is 10.9. The van der Waals surface area contributed by atoms with E-state index in [1.165, 1.54) is 37.8 Å². The van der Waals surface area contributed by atoms with Gasteiger partial charge in [-0.1, -0.05) is 19.3 Å². The fourth-order valence-corrected chi connectivity index (χ4v) is 2.35. The highest BCUT2D eigenvalue weighted by atomic mass is 15.4. The van der Waals surface area contributed by atoms with E-state index in [2.05, 4.69) is 25.8 Å². The van der Waals surface area contributed by atoms with Crippen LogP contribution in [-0.4, -0.2) is 25.5 Å². The minimum Gasteiger partial charge on any atom is -0.260 e. The normalized spacial score (nSPS) is 16.9. The molecular formula is C13H18N6. The first-order valence-electron chi connectivity index (χ1n) is 6.90. The number of nitrogens with one attached hydrogen (secondary N) is 1. The van der Waals surface area contributed by atoms with Crippen LogP contribution in [0.5, 0.6) is 0 Å². The molecule has 0 radical (unpaired) electrons. The summed E-state index contributed by atoms with van der Waals surface area (Å²) in [5, 5.41) is 16.6. The van der Waals surface area contributed by atoms with Crippen LogP contribution in [0.25, 0.3) is 5.65 Å². The van der Waals surface area contributed by atoms with Crippen molar-refractivity contribution >= 4 is 17.2 Å². The van der Waals surface area contributed by atoms with Crippen LogP contribution in [0, 0.1) is 0 Å². The van der Waals surface area contributed by atoms with Gasteiger partial charge in [0.15, 0.2) is 11.5 Å². The number of hydrazone groups is 1. The number of aromatic nitrogens is 4. The van der Waals surface area contributed by atoms with Gasteiger partial charge >= 0.3 is 0 Å². The highest BCUT2D eigenvalue weighted by Gasteiger charge is 2.05. The van der Waals surface area contributed by atoms with Gasteiger partial charge < -0.3 is 0 Å². The van der Waals surface area contributed by atoms with E-state index in [9.17, 15) is 0 Å². The first-order chi connectivity index (χ1) is 9.42. The van der Waals surface area contributed by atoms with Crippen LogP contribution >= 0.6 is 0 Å². The third-order valence-electron chi connectivity index (χ3n) is 3.42. The lowest BCUT2D eigenvalue weighted by Crippen LogP contribution is -2.06. The van der Waals surface area contributed by atoms with E-state index in [-0.39, 0.29) is 0 Å². The summed E-state index contributed by atoms with van der Waals surface area (Å²) in [6, 6.07) is 3.75. The zero-order chi connectivity index (χ0) is 12.9. The molecule has 0 aliphatic heterocycles. The Labute approximate surface area is 111 Å². The molecule has 6 nitrogen and oxygen atoms in total. The van der Waals surface area contributed by atoms with Gasteiger partial charge in [-0.05, 0) is 37.8 Å². The van der Waals surface area contributed by atoms with E-state index in [0.717, 1.165) is 24.3 Å². The number of anilines is 1. The van der Waals surface area contributed by atoms with Gasteiger partial charge in [-0.25, -0.2) is 0 Å². The molecule has 0 amide bonds. The van der Waals surface area contributed by atoms with Crippen molar-refractivity contribution in [1.29, 1.82) is 0 Å². The maximum absolute atomic E-state index is 4.50. The van der Waals surface area contributed by atoms with Crippen molar-refractivity contribution in [1.82, 2.24) is 19.8 Å². The molecule has 1 N–H and O–H groups in total. The van der Waals surface area contributed by atoms with Crippen molar-refractivity contribution in [2.75, 3.05) is 5.43 Å². The molecule has 1 aliphatic rings. The Kier molecular flexibility index (Phi) is 3.67. The quantitative estimate of drug-likeness (QED) is 0.841. The molecule has 0 saturated heterocycles. The van der Waals surface area contributed by atoms with Crippen LogP contribution in [0.2, 0.25) is 0 Å². The third kappa shape index (κ3) is 3.07. The van der Waals surface area contributed by atoms with Crippen LogP contribution in [0.4, 0.5) is 5.82 Å². The fraction of sp³-hybridized carbons (Fsp3) is 0.538. The third-order valence-corrected chi connectivity index (χ3v) is 3.42. The smallest absolute Gasteiger partial charge is 0.177 e. The first kappa shape index (κ1) is 12.1. The summed E-state index contributed by atoms with van der Waals surface area (Å²) < 4.78 is 1.64. The summed E-state index contributed by atoms with van der Waals surface area (Å²) in [5.41, 5.74) is 5.04. The number of nitrogens with zero attached hydrogens (tertiary/aromatic N) is 5. The predicted molar refractivity (Wildman–Crippen MR) is 74.2 cm³/mol. The fourth-order valence-electron chi connectivity index (χ4n) is 2.35. The molecule has 0 unspecified atom stereocenters. The Morgan fingerprint density at radius 3 is 2.68 bits per heavy atom. The zero-order valence-electron chi connectivity index (χ0n) is 10.9. The van der Waals surface area contributed by atoms with Crippen LogP contribution < -0.4 is 5.43 Å². The highest BCUT2D eigenvalue weighted by molar-refractivity contribution is 5.85. The van der Waals surface area contributed by atoms with E-state index < -0.39 is 0 Å². The van der Waals surface area contributed by atoms with Gasteiger partial charge in [-0.15, -0.1) is 15.3 Å². The maximum Gasteiger partial charge on any atom is 0.177 e. The monoisotopic (exact) mass is 258 g/mol. The maximum atomic E-state index is 4.50. The summed E-state index contributed by atoms with van der Waals surface area (Å²) in [6.45, 7) is 0. The Morgan fingerprint density at radius 2 is 1.84 bits per heavy atom. The molecule has 0 atom stereocenters. The molecule has 1 aliphatic carbocycles. The Morgan fingerprint density at radius 1 is 1.05 bits per heavy atom. The predicted octanol–water partition coefficient (Wildman–Crippen LogP) is 2.64. The molecule has 19 heavy (non-hydrogen) atoms. The van der Waals surface area contributed by atoms with Gasteiger partial charge in [-0.3, -0.25) is 5.43 Å². The second kappa shape index (κ2) is 5.77. The van der Waals surface area contributed by atoms with E-state index in [1.807, 2.05) is 12.1 Å². The lowest BCUT2D eigenvalue weighted by molar-refractivity contribution is 0.606. The van der Waals surface area contributed by atoms with Crippen molar-refractivity contribution in [3.8, 4) is 0 Å². The van der Waals surface area contributed by atoms with Gasteiger partial charge in [0.25, 0.3) is 0 Å². The van der Waals surface area contributed by atoms with Crippen LogP contribution in [0.15, 0.2) is 23.6 Å². The first-order valence-corrected chi connectivity index (χ1v) is 6.90. The van der Waals surface area contributed by atoms with Gasteiger partial charge in [0.2, 0.25) is 0 Å². The van der Waals surface area contributed by atoms with Crippen molar-refractivity contribution in [2.24, 2.45) is 5.10 Å². The SMILES string of the molecule is c1cc2nncn2nc1NN=C1CCCCCCC1. The van der Waals surface area contributed by atoms with Crippen LogP contribution in [-0.2, 0) is 0 Å². The standard InChI is InChI=1S/C13H18N6/c1-2-4-6-11(7-5-3-1)15-16-12-8-9-13-17-14-10-19(13)18-12/h8-10H,1-7H2,(H,16,18). The molecule has 100 valence electrons. The van der Waals surface area contributed by atoms with Gasteiger partial charge in [0.1, 0.15) is 6.33 Å². The Bertz CT molecular complexity index is 563. The largest absolute Gasteiger partial charge is 0.260 e. The molecule has 2 aromatic rings. The molecule has 1 saturated carbocycles. The van der Waals surface area contributed by atoms with Crippen molar-refractivity contribution in [3.63, 3.8) is 0 Å². The summed E-state index contributed by atoms with van der Waals surface area (Å²) in [6.07, 6.45) is 10.3. The number of rotatable bonds is 2. The number of fused-ring (bicyclic) bond motifs is 1. The minimum atomic E-state index is 0.724. The molecule has 0 bridgehead atoms. The van der Waals surface area contributed by atoms with Gasteiger partial charge in [0, 0.05) is 5.71 Å². The summed E-state index contributed by atoms with van der Waals surface area (Å²) in [7, 11) is 0. The molecule has 1 fully saturated rings. The average Bonchev–Trinajstić information content (AvgIpc) is 2.84. The minimum absolute atomic E-state index is 0.724. The molecule has 2 aromatic heterocycles. The molecule has 3 rings (SSSR count). The second-order valence-electron chi connectivity index (χ2n) is 4.91. The molecule has 0 aromatic carbocycles. The van der Waals surface area contributed by atoms with Gasteiger partial charge in [-0.2, -0.15) is 9.62 Å². The van der Waals surface area contributed by atoms with E-state index in [1.54, 1.807) is 10.8 Å². The average molecular weight is 258 g/mol. The Hall–Kier alpha value is -1.98. The second-order valence-corrected chi connectivity index (χ2v) is 4.91. The summed E-state index contributed by atoms with van der Waals surface area (Å²) in [5.74, 6) is 0.724. The highest BCUT2D eigenvalue weighted by Crippen LogP contribution is 2.15. The van der Waals surface area contributed by atoms with E-state index >= 15 is 0 Å². The van der Waals surface area contributed by atoms with E-state index in [0.29, 0.717) is 0 Å². The van der Waals surface area contributed by atoms with Crippen LogP contribution in [0.3, 0.4) is 0 Å². The lowest BCUT2D eigenvalue weighted by Gasteiger charge is -2.11. The molecule has 0 spiro atoms. The van der Waals surface area contributed by atoms with Crippen molar-refractivity contribution < 1.29 is 0 Å². The van der Waals surface area contributed by atoms with Gasteiger partial charge in [0.05, 0.1) is 0 Å². The summed E-state index contributed by atoms with van der Waals surface area (Å²) >= 11 is 0. The summed E-state index contributed by atoms with van der Waals surface area (Å²) in [4.78, 5) is 0. The topological polar surface area (TPSA) is 67.5 Å². The molecular weight excluding hydrogens is 240 g/mol. The number of hydrogen-bond acceptors (Lipinski definition) is 5. The van der Waals surface area contributed by atoms with Crippen molar-refractivity contribution in [2.45, 2.75) is 44.9 Å². The van der Waals surface area contributed by atoms with Crippen molar-refractivity contribution in [3.05, 3.63) is 18.5 Å².